The van der Waals surface area contributed by atoms with Gasteiger partial charge in [0, 0.05) is 6.54 Å². The van der Waals surface area contributed by atoms with Gasteiger partial charge in [0.15, 0.2) is 0 Å². The van der Waals surface area contributed by atoms with E-state index < -0.39 is 0 Å². The summed E-state index contributed by atoms with van der Waals surface area (Å²) in [4.78, 5) is 2.40. The van der Waals surface area contributed by atoms with Crippen LogP contribution in [0.1, 0.15) is 20.3 Å². The molecule has 2 unspecified atom stereocenters. The molecule has 1 saturated heterocycles. The number of nitrogens with one attached hydrogen (secondary N) is 1. The molecule has 0 saturated carbocycles. The van der Waals surface area contributed by atoms with Crippen LogP contribution in [-0.2, 0) is 0 Å². The van der Waals surface area contributed by atoms with Crippen molar-refractivity contribution in [3.8, 4) is 12.3 Å². The van der Waals surface area contributed by atoms with Crippen molar-refractivity contribution in [3.05, 3.63) is 0 Å². The summed E-state index contributed by atoms with van der Waals surface area (Å²) in [5.74, 6) is 4.33. The monoisotopic (exact) mass is 194 g/mol. The maximum Gasteiger partial charge on any atom is 0.0599 e. The summed E-state index contributed by atoms with van der Waals surface area (Å²) < 4.78 is 0. The second-order valence-corrected chi connectivity index (χ2v) is 4.33. The van der Waals surface area contributed by atoms with E-state index >= 15 is 0 Å². The Bertz CT molecular complexity index is 195. The molecule has 2 heteroatoms. The molecule has 0 bridgehead atoms. The van der Waals surface area contributed by atoms with Gasteiger partial charge in [0.25, 0.3) is 0 Å². The van der Waals surface area contributed by atoms with Crippen LogP contribution in [0.5, 0.6) is 0 Å². The predicted molar refractivity (Wildman–Crippen MR) is 61.1 cm³/mol. The molecule has 0 aromatic rings. The Kier molecular flexibility index (Phi) is 5.00. The van der Waals surface area contributed by atoms with E-state index in [4.69, 9.17) is 6.42 Å². The normalized spacial score (nSPS) is 26.7. The Hall–Kier alpha value is -0.520. The van der Waals surface area contributed by atoms with Crippen LogP contribution in [0.15, 0.2) is 0 Å². The third kappa shape index (κ3) is 3.32. The Labute approximate surface area is 88.1 Å². The first kappa shape index (κ1) is 11.6. The summed E-state index contributed by atoms with van der Waals surface area (Å²) in [5.41, 5.74) is 0. The van der Waals surface area contributed by atoms with Crippen LogP contribution in [0.2, 0.25) is 0 Å². The Morgan fingerprint density at radius 3 is 2.79 bits per heavy atom. The molecule has 0 spiro atoms. The van der Waals surface area contributed by atoms with E-state index in [0.29, 0.717) is 0 Å². The molecule has 80 valence electrons. The maximum absolute atomic E-state index is 5.36. The molecule has 2 atom stereocenters. The lowest BCUT2D eigenvalue weighted by Gasteiger charge is -2.24. The van der Waals surface area contributed by atoms with Gasteiger partial charge in [0.1, 0.15) is 0 Å². The first-order chi connectivity index (χ1) is 6.77. The minimum atomic E-state index is 0.787. The molecule has 14 heavy (non-hydrogen) atoms. The Morgan fingerprint density at radius 1 is 1.50 bits per heavy atom. The zero-order valence-corrected chi connectivity index (χ0v) is 9.42. The van der Waals surface area contributed by atoms with Crippen LogP contribution in [0, 0.1) is 24.2 Å². The van der Waals surface area contributed by atoms with Crippen molar-refractivity contribution in [3.63, 3.8) is 0 Å². The molecule has 1 heterocycles. The third-order valence-corrected chi connectivity index (χ3v) is 3.03. The van der Waals surface area contributed by atoms with Crippen molar-refractivity contribution < 1.29 is 0 Å². The SMILES string of the molecule is C#CCN(CCC)CC1CNCC1C. The van der Waals surface area contributed by atoms with Gasteiger partial charge in [-0.3, -0.25) is 4.90 Å². The van der Waals surface area contributed by atoms with Crippen LogP contribution in [0.25, 0.3) is 0 Å². The van der Waals surface area contributed by atoms with Crippen molar-refractivity contribution in [2.75, 3.05) is 32.7 Å². The van der Waals surface area contributed by atoms with Crippen molar-refractivity contribution >= 4 is 0 Å². The Morgan fingerprint density at radius 2 is 2.29 bits per heavy atom. The molecule has 0 radical (unpaired) electrons. The van der Waals surface area contributed by atoms with E-state index in [1.54, 1.807) is 0 Å². The molecule has 1 aliphatic heterocycles. The van der Waals surface area contributed by atoms with Crippen molar-refractivity contribution in [2.24, 2.45) is 11.8 Å². The van der Waals surface area contributed by atoms with E-state index in [1.807, 2.05) is 0 Å². The highest BCUT2D eigenvalue weighted by Crippen LogP contribution is 2.16. The molecular weight excluding hydrogens is 172 g/mol. The van der Waals surface area contributed by atoms with Crippen LogP contribution < -0.4 is 5.32 Å². The number of hydrogen-bond donors (Lipinski definition) is 1. The number of rotatable bonds is 5. The van der Waals surface area contributed by atoms with Crippen LogP contribution in [-0.4, -0.2) is 37.6 Å². The zero-order valence-electron chi connectivity index (χ0n) is 9.42. The average Bonchev–Trinajstić information content (AvgIpc) is 2.53. The van der Waals surface area contributed by atoms with Gasteiger partial charge >= 0.3 is 0 Å². The molecule has 1 fully saturated rings. The second-order valence-electron chi connectivity index (χ2n) is 4.33. The van der Waals surface area contributed by atoms with Crippen LogP contribution in [0.3, 0.4) is 0 Å². The van der Waals surface area contributed by atoms with E-state index in [-0.39, 0.29) is 0 Å². The van der Waals surface area contributed by atoms with Crippen molar-refractivity contribution in [1.29, 1.82) is 0 Å². The molecular formula is C12H22N2. The summed E-state index contributed by atoms with van der Waals surface area (Å²) >= 11 is 0. The average molecular weight is 194 g/mol. The Balaban J connectivity index is 2.34. The summed E-state index contributed by atoms with van der Waals surface area (Å²) in [7, 11) is 0. The molecule has 0 aliphatic carbocycles. The lowest BCUT2D eigenvalue weighted by atomic mass is 9.97. The fourth-order valence-corrected chi connectivity index (χ4v) is 2.12. The summed E-state index contributed by atoms with van der Waals surface area (Å²) in [5, 5.41) is 3.43. The predicted octanol–water partition coefficient (Wildman–Crippen LogP) is 1.19. The molecule has 1 aliphatic rings. The number of nitrogens with zero attached hydrogens (tertiary/aromatic N) is 1. The number of terminal acetylenes is 1. The van der Waals surface area contributed by atoms with Crippen LogP contribution in [0.4, 0.5) is 0 Å². The topological polar surface area (TPSA) is 15.3 Å². The lowest BCUT2D eigenvalue weighted by Crippen LogP contribution is -2.33. The largest absolute Gasteiger partial charge is 0.316 e. The minimum absolute atomic E-state index is 0.787. The minimum Gasteiger partial charge on any atom is -0.316 e. The molecule has 0 aromatic carbocycles. The van der Waals surface area contributed by atoms with E-state index in [1.165, 1.54) is 13.0 Å². The third-order valence-electron chi connectivity index (χ3n) is 3.03. The van der Waals surface area contributed by atoms with Crippen molar-refractivity contribution in [2.45, 2.75) is 20.3 Å². The fraction of sp³-hybridized carbons (Fsp3) is 0.833. The smallest absolute Gasteiger partial charge is 0.0599 e. The lowest BCUT2D eigenvalue weighted by molar-refractivity contribution is 0.241. The highest BCUT2D eigenvalue weighted by Gasteiger charge is 2.24. The summed E-state index contributed by atoms with van der Waals surface area (Å²) in [6.45, 7) is 9.95. The van der Waals surface area contributed by atoms with Crippen LogP contribution >= 0.6 is 0 Å². The molecule has 0 aromatic heterocycles. The van der Waals surface area contributed by atoms with Gasteiger partial charge in [0.2, 0.25) is 0 Å². The van der Waals surface area contributed by atoms with Gasteiger partial charge in [-0.05, 0) is 37.9 Å². The van der Waals surface area contributed by atoms with Gasteiger partial charge in [-0.2, -0.15) is 0 Å². The first-order valence-electron chi connectivity index (χ1n) is 5.64. The van der Waals surface area contributed by atoms with Gasteiger partial charge in [-0.1, -0.05) is 19.8 Å². The highest BCUT2D eigenvalue weighted by molar-refractivity contribution is 4.90. The zero-order chi connectivity index (χ0) is 10.4. The standard InChI is InChI=1S/C12H22N2/c1-4-6-14(7-5-2)10-12-9-13-8-11(12)3/h1,11-13H,5-10H2,2-3H3. The van der Waals surface area contributed by atoms with Gasteiger partial charge in [-0.25, -0.2) is 0 Å². The highest BCUT2D eigenvalue weighted by atomic mass is 15.1. The van der Waals surface area contributed by atoms with Gasteiger partial charge in [-0.15, -0.1) is 6.42 Å². The van der Waals surface area contributed by atoms with Gasteiger partial charge in [0.05, 0.1) is 6.54 Å². The summed E-state index contributed by atoms with van der Waals surface area (Å²) in [6, 6.07) is 0. The number of hydrogen-bond acceptors (Lipinski definition) is 2. The maximum atomic E-state index is 5.36. The first-order valence-corrected chi connectivity index (χ1v) is 5.64. The van der Waals surface area contributed by atoms with Crippen molar-refractivity contribution in [1.82, 2.24) is 10.2 Å². The molecule has 2 nitrogen and oxygen atoms in total. The van der Waals surface area contributed by atoms with Gasteiger partial charge < -0.3 is 5.32 Å². The second kappa shape index (κ2) is 6.06. The molecule has 1 N–H and O–H groups in total. The summed E-state index contributed by atoms with van der Waals surface area (Å²) in [6.07, 6.45) is 6.55. The van der Waals surface area contributed by atoms with E-state index in [0.717, 1.165) is 38.0 Å². The fourth-order valence-electron chi connectivity index (χ4n) is 2.12. The van der Waals surface area contributed by atoms with E-state index in [9.17, 15) is 0 Å². The molecule has 1 rings (SSSR count). The molecule has 0 amide bonds. The van der Waals surface area contributed by atoms with E-state index in [2.05, 4.69) is 30.0 Å². The quantitative estimate of drug-likeness (QED) is 0.661.